The molecule has 28 heavy (non-hydrogen) atoms. The number of hydrogen-bond donors (Lipinski definition) is 2. The topological polar surface area (TPSA) is 60.0 Å². The van der Waals surface area contributed by atoms with Gasteiger partial charge in [-0.25, -0.2) is 4.99 Å². The van der Waals surface area contributed by atoms with Gasteiger partial charge in [-0.05, 0) is 38.3 Å². The van der Waals surface area contributed by atoms with E-state index in [0.29, 0.717) is 6.04 Å². The second kappa shape index (κ2) is 13.0. The zero-order valence-electron chi connectivity index (χ0n) is 17.6. The first-order chi connectivity index (χ1) is 13.0. The van der Waals surface area contributed by atoms with Crippen LogP contribution in [0.1, 0.15) is 44.7 Å². The quantitative estimate of drug-likeness (QED) is 0.343. The lowest BCUT2D eigenvalue weighted by Crippen LogP contribution is -2.49. The van der Waals surface area contributed by atoms with Gasteiger partial charge in [-0.2, -0.15) is 0 Å². The third-order valence-corrected chi connectivity index (χ3v) is 4.99. The van der Waals surface area contributed by atoms with E-state index in [-0.39, 0.29) is 42.5 Å². The van der Waals surface area contributed by atoms with Gasteiger partial charge in [-0.15, -0.1) is 24.0 Å². The molecule has 0 saturated carbocycles. The molecule has 0 radical (unpaired) electrons. The van der Waals surface area contributed by atoms with Gasteiger partial charge in [0.15, 0.2) is 5.96 Å². The molecule has 2 N–H and O–H groups in total. The van der Waals surface area contributed by atoms with Crippen molar-refractivity contribution in [3.05, 3.63) is 35.9 Å². The van der Waals surface area contributed by atoms with Crippen molar-refractivity contribution in [2.45, 2.75) is 45.2 Å². The molecule has 1 heterocycles. The molecule has 1 amide bonds. The van der Waals surface area contributed by atoms with E-state index in [9.17, 15) is 4.79 Å². The Kier molecular flexibility index (Phi) is 11.4. The molecule has 1 atom stereocenters. The van der Waals surface area contributed by atoms with Crippen LogP contribution in [0.3, 0.4) is 0 Å². The fourth-order valence-electron chi connectivity index (χ4n) is 3.26. The maximum absolute atomic E-state index is 12.0. The highest BCUT2D eigenvalue weighted by Crippen LogP contribution is 2.13. The summed E-state index contributed by atoms with van der Waals surface area (Å²) in [5.41, 5.74) is 1.20. The number of benzene rings is 1. The zero-order valence-corrected chi connectivity index (χ0v) is 20.0. The minimum Gasteiger partial charge on any atom is -0.354 e. The minimum atomic E-state index is 0. The predicted octanol–water partition coefficient (Wildman–Crippen LogP) is 2.86. The van der Waals surface area contributed by atoms with E-state index in [2.05, 4.69) is 46.5 Å². The molecule has 1 fully saturated rings. The lowest BCUT2D eigenvalue weighted by molar-refractivity contribution is -0.127. The van der Waals surface area contributed by atoms with Gasteiger partial charge in [0.1, 0.15) is 6.54 Å². The standard InChI is InChI=1S/C21H35N5O.HI/c1-5-13-26-14-11-19(12-15-26)24-21(22-16-20(27)25(3)4)23-17(2)18-9-7-6-8-10-18;/h6-10,17,19H,5,11-16H2,1-4H3,(H2,22,23,24);1H. The number of rotatable bonds is 7. The first-order valence-corrected chi connectivity index (χ1v) is 10.0. The number of amides is 1. The molecule has 1 saturated heterocycles. The van der Waals surface area contributed by atoms with Gasteiger partial charge in [-0.3, -0.25) is 4.79 Å². The lowest BCUT2D eigenvalue weighted by Gasteiger charge is -2.33. The number of halogens is 1. The van der Waals surface area contributed by atoms with Crippen LogP contribution in [-0.2, 0) is 4.79 Å². The Morgan fingerprint density at radius 1 is 1.25 bits per heavy atom. The summed E-state index contributed by atoms with van der Waals surface area (Å²) in [6, 6.07) is 10.8. The smallest absolute Gasteiger partial charge is 0.243 e. The number of aliphatic imine (C=N–C) groups is 1. The third kappa shape index (κ3) is 8.34. The molecule has 1 aliphatic heterocycles. The molecular formula is C21H36IN5O. The SMILES string of the molecule is CCCN1CCC(NC(=NCC(=O)N(C)C)NC(C)c2ccccc2)CC1.I. The average molecular weight is 501 g/mol. The normalized spacial score (nSPS) is 16.8. The van der Waals surface area contributed by atoms with Crippen LogP contribution in [0.2, 0.25) is 0 Å². The van der Waals surface area contributed by atoms with Crippen LogP contribution in [0.15, 0.2) is 35.3 Å². The number of nitrogens with zero attached hydrogens (tertiary/aromatic N) is 3. The third-order valence-electron chi connectivity index (χ3n) is 4.99. The molecule has 2 rings (SSSR count). The summed E-state index contributed by atoms with van der Waals surface area (Å²) in [7, 11) is 3.52. The Hall–Kier alpha value is -1.35. The van der Waals surface area contributed by atoms with Crippen LogP contribution in [0.25, 0.3) is 0 Å². The highest BCUT2D eigenvalue weighted by Gasteiger charge is 2.20. The van der Waals surface area contributed by atoms with Crippen LogP contribution in [-0.4, -0.2) is 68.0 Å². The molecule has 6 nitrogen and oxygen atoms in total. The van der Waals surface area contributed by atoms with Gasteiger partial charge in [0.05, 0.1) is 6.04 Å². The van der Waals surface area contributed by atoms with Crippen LogP contribution in [0.4, 0.5) is 0 Å². The predicted molar refractivity (Wildman–Crippen MR) is 127 cm³/mol. The minimum absolute atomic E-state index is 0. The maximum atomic E-state index is 12.0. The van der Waals surface area contributed by atoms with Crippen LogP contribution >= 0.6 is 24.0 Å². The summed E-state index contributed by atoms with van der Waals surface area (Å²) in [6.07, 6.45) is 3.40. The number of guanidine groups is 1. The lowest BCUT2D eigenvalue weighted by atomic mass is 10.0. The van der Waals surface area contributed by atoms with E-state index >= 15 is 0 Å². The van der Waals surface area contributed by atoms with Crippen molar-refractivity contribution in [2.24, 2.45) is 4.99 Å². The summed E-state index contributed by atoms with van der Waals surface area (Å²) in [5.74, 6) is 0.719. The van der Waals surface area contributed by atoms with Crippen molar-refractivity contribution >= 4 is 35.8 Å². The fraction of sp³-hybridized carbons (Fsp3) is 0.619. The van der Waals surface area contributed by atoms with E-state index in [1.807, 2.05) is 18.2 Å². The Bertz CT molecular complexity index is 600. The van der Waals surface area contributed by atoms with Crippen molar-refractivity contribution in [2.75, 3.05) is 40.3 Å². The molecular weight excluding hydrogens is 465 g/mol. The van der Waals surface area contributed by atoms with Crippen LogP contribution < -0.4 is 10.6 Å². The molecule has 1 aromatic carbocycles. The van der Waals surface area contributed by atoms with E-state index < -0.39 is 0 Å². The first kappa shape index (κ1) is 24.7. The highest BCUT2D eigenvalue weighted by atomic mass is 127. The van der Waals surface area contributed by atoms with Gasteiger partial charge in [0.2, 0.25) is 5.91 Å². The number of piperidine rings is 1. The van der Waals surface area contributed by atoms with Crippen molar-refractivity contribution in [1.29, 1.82) is 0 Å². The summed E-state index contributed by atoms with van der Waals surface area (Å²) in [6.45, 7) is 7.90. The molecule has 1 unspecified atom stereocenters. The maximum Gasteiger partial charge on any atom is 0.243 e. The number of likely N-dealkylation sites (N-methyl/N-ethyl adjacent to an activating group) is 1. The Balaban J connectivity index is 0.00000392. The average Bonchev–Trinajstić information content (AvgIpc) is 2.68. The van der Waals surface area contributed by atoms with E-state index in [0.717, 1.165) is 31.9 Å². The van der Waals surface area contributed by atoms with Gasteiger partial charge < -0.3 is 20.4 Å². The van der Waals surface area contributed by atoms with Crippen molar-refractivity contribution in [3.8, 4) is 0 Å². The molecule has 7 heteroatoms. The monoisotopic (exact) mass is 501 g/mol. The van der Waals surface area contributed by atoms with Gasteiger partial charge in [0, 0.05) is 33.2 Å². The Morgan fingerprint density at radius 2 is 1.89 bits per heavy atom. The molecule has 158 valence electrons. The molecule has 0 spiro atoms. The van der Waals surface area contributed by atoms with E-state index in [4.69, 9.17) is 0 Å². The number of hydrogen-bond acceptors (Lipinski definition) is 3. The fourth-order valence-corrected chi connectivity index (χ4v) is 3.26. The van der Waals surface area contributed by atoms with E-state index in [1.165, 1.54) is 18.5 Å². The Labute approximate surface area is 187 Å². The van der Waals surface area contributed by atoms with E-state index in [1.54, 1.807) is 19.0 Å². The number of likely N-dealkylation sites (tertiary alicyclic amines) is 1. The summed E-state index contributed by atoms with van der Waals surface area (Å²) >= 11 is 0. The second-order valence-corrected chi connectivity index (χ2v) is 7.49. The molecule has 1 aliphatic rings. The summed E-state index contributed by atoms with van der Waals surface area (Å²) in [5, 5.41) is 7.02. The zero-order chi connectivity index (χ0) is 19.6. The van der Waals surface area contributed by atoms with Crippen molar-refractivity contribution < 1.29 is 4.79 Å². The van der Waals surface area contributed by atoms with Crippen molar-refractivity contribution in [3.63, 3.8) is 0 Å². The highest BCUT2D eigenvalue weighted by molar-refractivity contribution is 14.0. The Morgan fingerprint density at radius 3 is 2.46 bits per heavy atom. The summed E-state index contributed by atoms with van der Waals surface area (Å²) in [4.78, 5) is 20.6. The van der Waals surface area contributed by atoms with Gasteiger partial charge >= 0.3 is 0 Å². The van der Waals surface area contributed by atoms with Crippen LogP contribution in [0, 0.1) is 0 Å². The van der Waals surface area contributed by atoms with Gasteiger partial charge in [0.25, 0.3) is 0 Å². The van der Waals surface area contributed by atoms with Crippen LogP contribution in [0.5, 0.6) is 0 Å². The largest absolute Gasteiger partial charge is 0.354 e. The molecule has 1 aromatic rings. The second-order valence-electron chi connectivity index (χ2n) is 7.49. The molecule has 0 aromatic heterocycles. The van der Waals surface area contributed by atoms with Crippen molar-refractivity contribution in [1.82, 2.24) is 20.4 Å². The number of carbonyl (C=O) groups is 1. The molecule has 0 bridgehead atoms. The van der Waals surface area contributed by atoms with Gasteiger partial charge in [-0.1, -0.05) is 37.3 Å². The first-order valence-electron chi connectivity index (χ1n) is 10.0. The number of carbonyl (C=O) groups excluding carboxylic acids is 1. The summed E-state index contributed by atoms with van der Waals surface area (Å²) < 4.78 is 0. The molecule has 0 aliphatic carbocycles. The number of nitrogens with one attached hydrogen (secondary N) is 2.